The first kappa shape index (κ1) is 17.2. The van der Waals surface area contributed by atoms with Crippen LogP contribution in [0.15, 0.2) is 0 Å². The molecule has 0 aliphatic carbocycles. The summed E-state index contributed by atoms with van der Waals surface area (Å²) in [5.74, 6) is -0.157. The Hall–Kier alpha value is -1.83. The molecule has 0 aromatic heterocycles. The number of nitrogens with one attached hydrogen (secondary N) is 3. The fourth-order valence-electron chi connectivity index (χ4n) is 1.79. The Morgan fingerprint density at radius 3 is 2.10 bits per heavy atom. The average Bonchev–Trinajstić information content (AvgIpc) is 2.88. The summed E-state index contributed by atoms with van der Waals surface area (Å²) in [6.07, 6.45) is 0.872. The van der Waals surface area contributed by atoms with E-state index in [0.717, 1.165) is 13.0 Å². The maximum Gasteiger partial charge on any atom is 0.408 e. The second-order valence-electron chi connectivity index (χ2n) is 5.96. The van der Waals surface area contributed by atoms with Gasteiger partial charge in [0.25, 0.3) is 0 Å². The number of hydrogen-bond acceptors (Lipinski definition) is 5. The normalized spacial score (nSPS) is 24.6. The van der Waals surface area contributed by atoms with Gasteiger partial charge in [0.2, 0.25) is 11.8 Å². The minimum Gasteiger partial charge on any atom is -0.444 e. The van der Waals surface area contributed by atoms with Crippen molar-refractivity contribution in [3.05, 3.63) is 0 Å². The topological polar surface area (TPSA) is 123 Å². The third-order valence-corrected chi connectivity index (χ3v) is 2.83. The van der Waals surface area contributed by atoms with Crippen LogP contribution in [0.4, 0.5) is 4.79 Å². The number of hydrogen-bond donors (Lipinski definition) is 4. The summed E-state index contributed by atoms with van der Waals surface area (Å²) < 4.78 is 5.02. The zero-order valence-electron chi connectivity index (χ0n) is 12.7. The molecule has 2 fully saturated rings. The molecule has 5 N–H and O–H groups in total. The standard InChI is InChI=1S/C9H16N2O3.C4H8N2O/c1-9(2,3)14-8(13)11-6-4-5-10-7(6)12;5-3-1-2-6-4(3)7/h6H,4-5H2,1-3H3,(H,10,12)(H,11,13);3H,1-2,5H2,(H,6,7)/t6-;3-/m00/s1. The molecule has 3 amide bonds. The number of carbonyl (C=O) groups excluding carboxylic acids is 3. The largest absolute Gasteiger partial charge is 0.444 e. The Morgan fingerprint density at radius 1 is 1.19 bits per heavy atom. The first-order valence-corrected chi connectivity index (χ1v) is 6.99. The highest BCUT2D eigenvalue weighted by Crippen LogP contribution is 2.08. The van der Waals surface area contributed by atoms with E-state index in [4.69, 9.17) is 10.5 Å². The van der Waals surface area contributed by atoms with Crippen LogP contribution in [0.25, 0.3) is 0 Å². The van der Waals surface area contributed by atoms with Crippen molar-refractivity contribution in [1.82, 2.24) is 16.0 Å². The predicted octanol–water partition coefficient (Wildman–Crippen LogP) is -0.767. The van der Waals surface area contributed by atoms with Gasteiger partial charge in [0.05, 0.1) is 6.04 Å². The van der Waals surface area contributed by atoms with Crippen LogP contribution < -0.4 is 21.7 Å². The fourth-order valence-corrected chi connectivity index (χ4v) is 1.79. The van der Waals surface area contributed by atoms with Crippen molar-refractivity contribution in [3.8, 4) is 0 Å². The summed E-state index contributed by atoms with van der Waals surface area (Å²) >= 11 is 0. The van der Waals surface area contributed by atoms with Crippen molar-refractivity contribution >= 4 is 17.9 Å². The van der Waals surface area contributed by atoms with Gasteiger partial charge in [0.1, 0.15) is 11.6 Å². The van der Waals surface area contributed by atoms with Gasteiger partial charge in [-0.3, -0.25) is 9.59 Å². The molecule has 0 aromatic rings. The van der Waals surface area contributed by atoms with E-state index in [1.165, 1.54) is 0 Å². The van der Waals surface area contributed by atoms with E-state index in [-0.39, 0.29) is 17.9 Å². The minimum absolute atomic E-state index is 0.0139. The van der Waals surface area contributed by atoms with E-state index in [0.29, 0.717) is 13.0 Å². The van der Waals surface area contributed by atoms with Gasteiger partial charge < -0.3 is 26.4 Å². The molecule has 2 atom stereocenters. The van der Waals surface area contributed by atoms with Gasteiger partial charge in [-0.05, 0) is 33.6 Å². The lowest BCUT2D eigenvalue weighted by atomic mass is 10.2. The number of amides is 3. The summed E-state index contributed by atoms with van der Waals surface area (Å²) in [5.41, 5.74) is 4.74. The lowest BCUT2D eigenvalue weighted by molar-refractivity contribution is -0.121. The summed E-state index contributed by atoms with van der Waals surface area (Å²) in [6.45, 7) is 6.70. The van der Waals surface area contributed by atoms with E-state index in [1.807, 2.05) is 0 Å². The van der Waals surface area contributed by atoms with Crippen LogP contribution in [-0.2, 0) is 14.3 Å². The number of alkyl carbamates (subject to hydrolysis) is 1. The smallest absolute Gasteiger partial charge is 0.408 e. The van der Waals surface area contributed by atoms with Crippen LogP contribution in [0.2, 0.25) is 0 Å². The van der Waals surface area contributed by atoms with Gasteiger partial charge in [-0.2, -0.15) is 0 Å². The highest BCUT2D eigenvalue weighted by Gasteiger charge is 2.27. The number of ether oxygens (including phenoxy) is 1. The van der Waals surface area contributed by atoms with Crippen LogP contribution in [0, 0.1) is 0 Å². The van der Waals surface area contributed by atoms with E-state index in [9.17, 15) is 14.4 Å². The molecular weight excluding hydrogens is 276 g/mol. The molecule has 0 bridgehead atoms. The Kier molecular flexibility index (Phi) is 5.95. The van der Waals surface area contributed by atoms with Gasteiger partial charge in [-0.15, -0.1) is 0 Å². The second-order valence-corrected chi connectivity index (χ2v) is 5.96. The van der Waals surface area contributed by atoms with Crippen molar-refractivity contribution < 1.29 is 19.1 Å². The summed E-state index contributed by atoms with van der Waals surface area (Å²) in [6, 6.07) is -0.676. The number of nitrogens with two attached hydrogens (primary N) is 1. The molecule has 0 unspecified atom stereocenters. The highest BCUT2D eigenvalue weighted by molar-refractivity contribution is 5.87. The Bertz CT molecular complexity index is 405. The van der Waals surface area contributed by atoms with E-state index < -0.39 is 17.7 Å². The molecule has 0 spiro atoms. The minimum atomic E-state index is -0.542. The molecule has 2 aliphatic rings. The molecular formula is C13H24N4O4. The number of carbonyl (C=O) groups is 3. The second kappa shape index (κ2) is 7.26. The van der Waals surface area contributed by atoms with Gasteiger partial charge in [-0.25, -0.2) is 4.79 Å². The first-order chi connectivity index (χ1) is 9.69. The zero-order valence-corrected chi connectivity index (χ0v) is 12.7. The molecule has 21 heavy (non-hydrogen) atoms. The maximum absolute atomic E-state index is 11.2. The Labute approximate surface area is 124 Å². The molecule has 2 saturated heterocycles. The summed E-state index contributed by atoms with van der Waals surface area (Å²) in [7, 11) is 0. The molecule has 2 aliphatic heterocycles. The molecule has 0 saturated carbocycles. The SMILES string of the molecule is CC(C)(C)OC(=O)N[C@H]1CCNC1=O.N[C@H]1CCNC1=O. The Morgan fingerprint density at radius 2 is 1.76 bits per heavy atom. The van der Waals surface area contributed by atoms with Crippen LogP contribution >= 0.6 is 0 Å². The van der Waals surface area contributed by atoms with Crippen LogP contribution in [0.3, 0.4) is 0 Å². The molecule has 8 nitrogen and oxygen atoms in total. The molecule has 2 heterocycles. The van der Waals surface area contributed by atoms with Gasteiger partial charge >= 0.3 is 6.09 Å². The monoisotopic (exact) mass is 300 g/mol. The van der Waals surface area contributed by atoms with Crippen LogP contribution in [-0.4, -0.2) is 48.7 Å². The lowest BCUT2D eigenvalue weighted by Crippen LogP contribution is -2.42. The van der Waals surface area contributed by atoms with Crippen molar-refractivity contribution in [1.29, 1.82) is 0 Å². The predicted molar refractivity (Wildman–Crippen MR) is 76.4 cm³/mol. The van der Waals surface area contributed by atoms with E-state index in [2.05, 4.69) is 16.0 Å². The molecule has 0 radical (unpaired) electrons. The van der Waals surface area contributed by atoms with Crippen LogP contribution in [0.1, 0.15) is 33.6 Å². The van der Waals surface area contributed by atoms with Crippen molar-refractivity contribution in [2.75, 3.05) is 13.1 Å². The lowest BCUT2D eigenvalue weighted by Gasteiger charge is -2.20. The average molecular weight is 300 g/mol. The van der Waals surface area contributed by atoms with E-state index >= 15 is 0 Å². The molecule has 2 rings (SSSR count). The molecule has 120 valence electrons. The van der Waals surface area contributed by atoms with Crippen molar-refractivity contribution in [3.63, 3.8) is 0 Å². The van der Waals surface area contributed by atoms with Gasteiger partial charge in [-0.1, -0.05) is 0 Å². The third-order valence-electron chi connectivity index (χ3n) is 2.83. The molecule has 8 heteroatoms. The fraction of sp³-hybridized carbons (Fsp3) is 0.769. The van der Waals surface area contributed by atoms with Crippen LogP contribution in [0.5, 0.6) is 0 Å². The first-order valence-electron chi connectivity index (χ1n) is 6.99. The van der Waals surface area contributed by atoms with Crippen molar-refractivity contribution in [2.24, 2.45) is 5.73 Å². The zero-order chi connectivity index (χ0) is 16.0. The Balaban J connectivity index is 0.000000262. The van der Waals surface area contributed by atoms with E-state index in [1.54, 1.807) is 20.8 Å². The third kappa shape index (κ3) is 6.44. The summed E-state index contributed by atoms with van der Waals surface area (Å²) in [4.78, 5) is 32.7. The quantitative estimate of drug-likeness (QED) is 0.506. The number of rotatable bonds is 1. The van der Waals surface area contributed by atoms with Gasteiger partial charge in [0.15, 0.2) is 0 Å². The van der Waals surface area contributed by atoms with Gasteiger partial charge in [0, 0.05) is 13.1 Å². The maximum atomic E-state index is 11.2. The molecule has 0 aromatic carbocycles. The van der Waals surface area contributed by atoms with Crippen molar-refractivity contribution in [2.45, 2.75) is 51.3 Å². The summed E-state index contributed by atoms with van der Waals surface area (Å²) in [5, 5.41) is 7.75. The highest BCUT2D eigenvalue weighted by atomic mass is 16.6.